The number of hydrogen-bond donors (Lipinski definition) is 3. The van der Waals surface area contributed by atoms with Gasteiger partial charge in [0.15, 0.2) is 0 Å². The van der Waals surface area contributed by atoms with Crippen LogP contribution in [0.5, 0.6) is 0 Å². The molecule has 12 heteroatoms. The summed E-state index contributed by atoms with van der Waals surface area (Å²) >= 11 is 6.15. The van der Waals surface area contributed by atoms with Crippen LogP contribution in [-0.4, -0.2) is 47.6 Å². The van der Waals surface area contributed by atoms with E-state index in [9.17, 15) is 36.6 Å². The van der Waals surface area contributed by atoms with Crippen LogP contribution in [0.2, 0.25) is 5.02 Å². The minimum absolute atomic E-state index is 0.0836. The number of amides is 2. The van der Waals surface area contributed by atoms with Crippen molar-refractivity contribution in [1.82, 2.24) is 10.2 Å². The van der Waals surface area contributed by atoms with Gasteiger partial charge in [-0.05, 0) is 74.1 Å². The van der Waals surface area contributed by atoms with E-state index in [-0.39, 0.29) is 53.6 Å². The Kier molecular flexibility index (Phi) is 12.3. The SMILES string of the molecule is CCCN(CCC)C(=O)C1([C@H](Cc2cc(F)cc(F)c2)[C@@H](O)CNCc2cc(C(F)(F)F)ccc2Cl)C=C(C)C=C(C(N)=O)C1. The summed E-state index contributed by atoms with van der Waals surface area (Å²) in [5.41, 5.74) is 4.26. The normalized spacial score (nSPS) is 18.2. The molecule has 0 aliphatic heterocycles. The topological polar surface area (TPSA) is 95.7 Å². The molecule has 0 radical (unpaired) electrons. The molecule has 0 spiro atoms. The summed E-state index contributed by atoms with van der Waals surface area (Å²) in [4.78, 5) is 28.7. The van der Waals surface area contributed by atoms with Gasteiger partial charge in [-0.3, -0.25) is 9.59 Å². The number of aliphatic hydroxyl groups excluding tert-OH is 1. The van der Waals surface area contributed by atoms with Crippen molar-refractivity contribution in [1.29, 1.82) is 0 Å². The Morgan fingerprint density at radius 3 is 2.27 bits per heavy atom. The van der Waals surface area contributed by atoms with Crippen LogP contribution in [0.1, 0.15) is 56.7 Å². The summed E-state index contributed by atoms with van der Waals surface area (Å²) in [5, 5.41) is 14.8. The summed E-state index contributed by atoms with van der Waals surface area (Å²) in [7, 11) is 0. The lowest BCUT2D eigenvalue weighted by Crippen LogP contribution is -2.54. The van der Waals surface area contributed by atoms with Gasteiger partial charge in [-0.25, -0.2) is 8.78 Å². The highest BCUT2D eigenvalue weighted by Gasteiger charge is 2.50. The van der Waals surface area contributed by atoms with Gasteiger partial charge in [0.1, 0.15) is 11.6 Å². The van der Waals surface area contributed by atoms with E-state index in [1.54, 1.807) is 24.0 Å². The number of nitrogens with one attached hydrogen (secondary N) is 1. The molecule has 1 unspecified atom stereocenters. The zero-order valence-corrected chi connectivity index (χ0v) is 26.2. The van der Waals surface area contributed by atoms with Gasteiger partial charge in [0.25, 0.3) is 0 Å². The number of benzene rings is 2. The highest BCUT2D eigenvalue weighted by molar-refractivity contribution is 6.31. The maximum atomic E-state index is 14.6. The average molecular weight is 656 g/mol. The maximum Gasteiger partial charge on any atom is 0.416 e. The molecule has 2 amide bonds. The van der Waals surface area contributed by atoms with E-state index < -0.39 is 46.7 Å². The number of allylic oxidation sites excluding steroid dienone is 2. The van der Waals surface area contributed by atoms with E-state index in [1.807, 2.05) is 13.8 Å². The molecule has 3 rings (SSSR count). The monoisotopic (exact) mass is 655 g/mol. The number of carbonyl (C=O) groups excluding carboxylic acids is 2. The Morgan fingerprint density at radius 2 is 1.71 bits per heavy atom. The minimum atomic E-state index is -4.59. The zero-order valence-electron chi connectivity index (χ0n) is 25.5. The van der Waals surface area contributed by atoms with Crippen LogP contribution < -0.4 is 11.1 Å². The van der Waals surface area contributed by atoms with Crippen LogP contribution in [0.3, 0.4) is 0 Å². The molecule has 4 N–H and O–H groups in total. The maximum absolute atomic E-state index is 14.6. The van der Waals surface area contributed by atoms with E-state index in [4.69, 9.17) is 17.3 Å². The molecule has 0 saturated heterocycles. The first-order chi connectivity index (χ1) is 21.1. The Morgan fingerprint density at radius 1 is 1.09 bits per heavy atom. The second kappa shape index (κ2) is 15.3. The molecular formula is C33H39ClF5N3O3. The molecule has 3 atom stereocenters. The third-order valence-corrected chi connectivity index (χ3v) is 8.27. The molecule has 45 heavy (non-hydrogen) atoms. The first kappa shape index (κ1) is 36.2. The Labute approximate surface area is 265 Å². The fourth-order valence-corrected chi connectivity index (χ4v) is 6.19. The van der Waals surface area contributed by atoms with Crippen molar-refractivity contribution in [2.45, 2.75) is 65.3 Å². The highest BCUT2D eigenvalue weighted by atomic mass is 35.5. The quantitative estimate of drug-likeness (QED) is 0.207. The van der Waals surface area contributed by atoms with Crippen molar-refractivity contribution in [3.05, 3.63) is 93.0 Å². The molecule has 6 nitrogen and oxygen atoms in total. The number of rotatable bonds is 14. The first-order valence-electron chi connectivity index (χ1n) is 14.8. The van der Waals surface area contributed by atoms with Crippen molar-refractivity contribution in [2.75, 3.05) is 19.6 Å². The van der Waals surface area contributed by atoms with Crippen LogP contribution in [0.15, 0.2) is 59.7 Å². The number of alkyl halides is 3. The molecule has 0 aromatic heterocycles. The van der Waals surface area contributed by atoms with Crippen LogP contribution in [-0.2, 0) is 28.7 Å². The Hall–Kier alpha value is -3.28. The van der Waals surface area contributed by atoms with Gasteiger partial charge in [0.2, 0.25) is 11.8 Å². The molecule has 0 heterocycles. The van der Waals surface area contributed by atoms with Crippen molar-refractivity contribution in [3.8, 4) is 0 Å². The number of nitrogens with zero attached hydrogens (tertiary/aromatic N) is 1. The lowest BCUT2D eigenvalue weighted by Gasteiger charge is -2.45. The molecule has 0 fully saturated rings. The number of aliphatic hydroxyl groups is 1. The van der Waals surface area contributed by atoms with Crippen LogP contribution in [0.25, 0.3) is 0 Å². The third-order valence-electron chi connectivity index (χ3n) is 7.91. The van der Waals surface area contributed by atoms with E-state index in [2.05, 4.69) is 5.32 Å². The summed E-state index contributed by atoms with van der Waals surface area (Å²) in [6, 6.07) is 5.83. The minimum Gasteiger partial charge on any atom is -0.391 e. The van der Waals surface area contributed by atoms with Crippen LogP contribution >= 0.6 is 11.6 Å². The second-order valence-corrected chi connectivity index (χ2v) is 11.9. The van der Waals surface area contributed by atoms with Gasteiger partial charge in [-0.2, -0.15) is 13.2 Å². The molecule has 1 aliphatic carbocycles. The van der Waals surface area contributed by atoms with Gasteiger partial charge < -0.3 is 21.1 Å². The summed E-state index contributed by atoms with van der Waals surface area (Å²) in [6.45, 7) is 5.90. The van der Waals surface area contributed by atoms with Crippen molar-refractivity contribution in [3.63, 3.8) is 0 Å². The molecule has 1 aliphatic rings. The fraction of sp³-hybridized carbons (Fsp3) is 0.455. The number of halogens is 6. The van der Waals surface area contributed by atoms with E-state index in [1.165, 1.54) is 0 Å². The number of nitrogens with two attached hydrogens (primary N) is 1. The molecule has 246 valence electrons. The lowest BCUT2D eigenvalue weighted by atomic mass is 9.63. The largest absolute Gasteiger partial charge is 0.416 e. The van der Waals surface area contributed by atoms with Gasteiger partial charge in [0.05, 0.1) is 17.1 Å². The average Bonchev–Trinajstić information content (AvgIpc) is 2.94. The van der Waals surface area contributed by atoms with E-state index >= 15 is 0 Å². The van der Waals surface area contributed by atoms with Crippen LogP contribution in [0.4, 0.5) is 22.0 Å². The zero-order chi connectivity index (χ0) is 33.5. The van der Waals surface area contributed by atoms with Crippen LogP contribution in [0, 0.1) is 23.0 Å². The van der Waals surface area contributed by atoms with Gasteiger partial charge in [0, 0.05) is 48.8 Å². The van der Waals surface area contributed by atoms with Gasteiger partial charge >= 0.3 is 6.18 Å². The van der Waals surface area contributed by atoms with Gasteiger partial charge in [-0.1, -0.05) is 43.2 Å². The first-order valence-corrected chi connectivity index (χ1v) is 15.2. The van der Waals surface area contributed by atoms with Crippen molar-refractivity contribution < 1.29 is 36.6 Å². The van der Waals surface area contributed by atoms with Crippen molar-refractivity contribution >= 4 is 23.4 Å². The summed E-state index contributed by atoms with van der Waals surface area (Å²) < 4.78 is 68.5. The van der Waals surface area contributed by atoms with Gasteiger partial charge in [-0.15, -0.1) is 0 Å². The Balaban J connectivity index is 2.09. The second-order valence-electron chi connectivity index (χ2n) is 11.5. The molecule has 0 bridgehead atoms. The highest BCUT2D eigenvalue weighted by Crippen LogP contribution is 2.46. The Bertz CT molecular complexity index is 1420. The van der Waals surface area contributed by atoms with E-state index in [0.29, 0.717) is 37.6 Å². The summed E-state index contributed by atoms with van der Waals surface area (Å²) in [5.74, 6) is -3.87. The molecule has 2 aromatic carbocycles. The molecular weight excluding hydrogens is 617 g/mol. The lowest BCUT2D eigenvalue weighted by molar-refractivity contribution is -0.145. The smallest absolute Gasteiger partial charge is 0.391 e. The predicted molar refractivity (Wildman–Crippen MR) is 163 cm³/mol. The number of hydrogen-bond acceptors (Lipinski definition) is 4. The van der Waals surface area contributed by atoms with E-state index in [0.717, 1.165) is 30.3 Å². The summed E-state index contributed by atoms with van der Waals surface area (Å²) in [6.07, 6.45) is -1.81. The number of carbonyl (C=O) groups is 2. The standard InChI is InChI=1S/C33H39ClF5N3O3/c1-4-8-42(9-5-2)31(45)32(16-20(3)10-22(17-32)30(40)44)27(13-21-11-25(35)15-26(36)12-21)29(43)19-41-18-23-14-24(33(37,38)39)6-7-28(23)34/h6-7,10-12,14-16,27,29,41,43H,4-5,8-9,13,17-19H2,1-3H3,(H2,40,44)/t27-,29+,32?/m1/s1. The molecule has 0 saturated carbocycles. The third kappa shape index (κ3) is 9.14. The molecule has 2 aromatic rings. The van der Waals surface area contributed by atoms with Crippen molar-refractivity contribution in [2.24, 2.45) is 17.1 Å². The number of primary amides is 1. The fourth-order valence-electron chi connectivity index (χ4n) is 6.01. The predicted octanol–water partition coefficient (Wildman–Crippen LogP) is 6.34.